The molecule has 1 saturated heterocycles. The Morgan fingerprint density at radius 2 is 1.83 bits per heavy atom. The highest BCUT2D eigenvalue weighted by Crippen LogP contribution is 2.50. The first-order valence-corrected chi connectivity index (χ1v) is 8.56. The fraction of sp³-hybridized carbons (Fsp3) is 0.579. The third-order valence-electron chi connectivity index (χ3n) is 5.63. The molecule has 5 nitrogen and oxygen atoms in total. The van der Waals surface area contributed by atoms with Crippen LogP contribution in [0.15, 0.2) is 24.3 Å². The molecule has 0 spiro atoms. The van der Waals surface area contributed by atoms with E-state index in [0.29, 0.717) is 13.1 Å². The van der Waals surface area contributed by atoms with E-state index in [2.05, 4.69) is 0 Å². The quantitative estimate of drug-likeness (QED) is 0.900. The first kappa shape index (κ1) is 16.8. The van der Waals surface area contributed by atoms with Crippen LogP contribution in [0.25, 0.3) is 0 Å². The van der Waals surface area contributed by atoms with Crippen LogP contribution < -0.4 is 4.74 Å². The minimum absolute atomic E-state index is 0.0260. The van der Waals surface area contributed by atoms with Crippen molar-refractivity contribution in [1.29, 1.82) is 0 Å². The van der Waals surface area contributed by atoms with Crippen molar-refractivity contribution in [2.24, 2.45) is 17.8 Å². The van der Waals surface area contributed by atoms with E-state index in [9.17, 15) is 14.7 Å². The number of ether oxygens (including phenoxy) is 1. The molecule has 0 radical (unpaired) electrons. The summed E-state index contributed by atoms with van der Waals surface area (Å²) >= 11 is 0. The molecule has 1 aromatic rings. The number of amides is 1. The van der Waals surface area contributed by atoms with Crippen LogP contribution in [0.2, 0.25) is 0 Å². The Kier molecular flexibility index (Phi) is 4.28. The van der Waals surface area contributed by atoms with Crippen LogP contribution in [-0.4, -0.2) is 42.1 Å². The number of benzene rings is 1. The number of hydrogen-bond donors (Lipinski definition) is 1. The van der Waals surface area contributed by atoms with Crippen LogP contribution in [0.1, 0.15) is 32.3 Å². The van der Waals surface area contributed by atoms with Gasteiger partial charge in [0.05, 0.1) is 18.4 Å². The van der Waals surface area contributed by atoms with E-state index in [1.807, 2.05) is 38.1 Å². The van der Waals surface area contributed by atoms with E-state index in [4.69, 9.17) is 4.74 Å². The van der Waals surface area contributed by atoms with Crippen LogP contribution in [-0.2, 0) is 15.0 Å². The molecule has 5 heteroatoms. The number of methoxy groups -OCH3 is 1. The second-order valence-electron chi connectivity index (χ2n) is 7.37. The number of hydrogen-bond acceptors (Lipinski definition) is 3. The Morgan fingerprint density at radius 3 is 2.25 bits per heavy atom. The van der Waals surface area contributed by atoms with Gasteiger partial charge in [0.2, 0.25) is 5.91 Å². The molecule has 2 aliphatic rings. The summed E-state index contributed by atoms with van der Waals surface area (Å²) in [7, 11) is 1.62. The number of nitrogens with zero attached hydrogens (tertiary/aromatic N) is 1. The number of carbonyl (C=O) groups is 2. The van der Waals surface area contributed by atoms with Crippen LogP contribution in [0.4, 0.5) is 0 Å². The van der Waals surface area contributed by atoms with Gasteiger partial charge >= 0.3 is 5.97 Å². The minimum atomic E-state index is -0.793. The molecule has 1 aliphatic heterocycles. The average Bonchev–Trinajstić information content (AvgIpc) is 3.25. The Hall–Kier alpha value is -2.04. The summed E-state index contributed by atoms with van der Waals surface area (Å²) in [5.41, 5.74) is 0.550. The normalized spacial score (nSPS) is 24.9. The summed E-state index contributed by atoms with van der Waals surface area (Å²) in [6.07, 6.45) is 1.66. The number of carbonyl (C=O) groups excluding carboxylic acids is 1. The molecule has 0 unspecified atom stereocenters. The predicted octanol–water partition coefficient (Wildman–Crippen LogP) is 2.54. The molecule has 2 fully saturated rings. The Balaban J connectivity index is 1.79. The highest BCUT2D eigenvalue weighted by atomic mass is 16.5. The van der Waals surface area contributed by atoms with Gasteiger partial charge in [-0.2, -0.15) is 0 Å². The van der Waals surface area contributed by atoms with Crippen molar-refractivity contribution in [3.05, 3.63) is 29.8 Å². The number of aliphatic carboxylic acids is 1. The van der Waals surface area contributed by atoms with Gasteiger partial charge in [-0.15, -0.1) is 0 Å². The van der Waals surface area contributed by atoms with Crippen LogP contribution in [0.5, 0.6) is 5.75 Å². The van der Waals surface area contributed by atoms with Crippen molar-refractivity contribution in [2.45, 2.75) is 32.1 Å². The van der Waals surface area contributed by atoms with Crippen molar-refractivity contribution in [2.75, 3.05) is 20.2 Å². The van der Waals surface area contributed by atoms with Crippen molar-refractivity contribution < 1.29 is 19.4 Å². The molecule has 0 bridgehead atoms. The lowest BCUT2D eigenvalue weighted by atomic mass is 9.86. The molecule has 24 heavy (non-hydrogen) atoms. The van der Waals surface area contributed by atoms with E-state index in [1.165, 1.54) is 0 Å². The minimum Gasteiger partial charge on any atom is -0.497 e. The van der Waals surface area contributed by atoms with Crippen molar-refractivity contribution >= 4 is 11.9 Å². The van der Waals surface area contributed by atoms with Gasteiger partial charge in [-0.1, -0.05) is 26.0 Å². The standard InChI is InChI=1S/C19H25NO4/c1-12(2)15-10-20(11-16(15)17(21)22)18(23)19(8-9-19)13-4-6-14(24-3)7-5-13/h4-7,12,15-16H,8-11H2,1-3H3,(H,21,22)/t15-,16+/m0/s1. The Labute approximate surface area is 142 Å². The molecule has 1 amide bonds. The SMILES string of the molecule is COc1ccc(C2(C(=O)N3C[C@@H](C(=O)O)[C@H](C(C)C)C3)CC2)cc1. The van der Waals surface area contributed by atoms with Crippen molar-refractivity contribution in [3.8, 4) is 5.75 Å². The molecule has 1 N–H and O–H groups in total. The van der Waals surface area contributed by atoms with E-state index in [1.54, 1.807) is 12.0 Å². The molecular formula is C19H25NO4. The lowest BCUT2D eigenvalue weighted by Gasteiger charge is -2.24. The number of rotatable bonds is 5. The Bertz CT molecular complexity index is 633. The van der Waals surface area contributed by atoms with Gasteiger partial charge < -0.3 is 14.7 Å². The average molecular weight is 331 g/mol. The van der Waals surface area contributed by atoms with Gasteiger partial charge in [-0.3, -0.25) is 9.59 Å². The highest BCUT2D eigenvalue weighted by molar-refractivity contribution is 5.92. The van der Waals surface area contributed by atoms with Gasteiger partial charge in [0, 0.05) is 13.1 Å². The monoisotopic (exact) mass is 331 g/mol. The first-order valence-electron chi connectivity index (χ1n) is 8.56. The Morgan fingerprint density at radius 1 is 1.21 bits per heavy atom. The number of carboxylic acid groups (broad SMARTS) is 1. The number of likely N-dealkylation sites (tertiary alicyclic amines) is 1. The molecule has 3 rings (SSSR count). The van der Waals surface area contributed by atoms with Gasteiger partial charge in [-0.25, -0.2) is 0 Å². The van der Waals surface area contributed by atoms with E-state index in [-0.39, 0.29) is 17.7 Å². The fourth-order valence-corrected chi connectivity index (χ4v) is 3.90. The third-order valence-corrected chi connectivity index (χ3v) is 5.63. The zero-order valence-electron chi connectivity index (χ0n) is 14.5. The van der Waals surface area contributed by atoms with E-state index < -0.39 is 17.3 Å². The third kappa shape index (κ3) is 2.76. The summed E-state index contributed by atoms with van der Waals surface area (Å²) in [6.45, 7) is 4.94. The zero-order valence-corrected chi connectivity index (χ0v) is 14.5. The smallest absolute Gasteiger partial charge is 0.308 e. The van der Waals surface area contributed by atoms with Gasteiger partial charge in [0.25, 0.3) is 0 Å². The van der Waals surface area contributed by atoms with Gasteiger partial charge in [0.15, 0.2) is 0 Å². The van der Waals surface area contributed by atoms with Crippen molar-refractivity contribution in [1.82, 2.24) is 4.90 Å². The topological polar surface area (TPSA) is 66.8 Å². The molecule has 2 atom stereocenters. The summed E-state index contributed by atoms with van der Waals surface area (Å²) in [5, 5.41) is 9.47. The maximum Gasteiger partial charge on any atom is 0.308 e. The van der Waals surface area contributed by atoms with Crippen molar-refractivity contribution in [3.63, 3.8) is 0 Å². The predicted molar refractivity (Wildman–Crippen MR) is 89.9 cm³/mol. The van der Waals surface area contributed by atoms with E-state index >= 15 is 0 Å². The second kappa shape index (κ2) is 6.11. The molecule has 1 saturated carbocycles. The van der Waals surface area contributed by atoms with E-state index in [0.717, 1.165) is 24.2 Å². The lowest BCUT2D eigenvalue weighted by molar-refractivity contribution is -0.143. The molecule has 1 aromatic carbocycles. The van der Waals surface area contributed by atoms with Gasteiger partial charge in [-0.05, 0) is 42.4 Å². The molecular weight excluding hydrogens is 306 g/mol. The summed E-state index contributed by atoms with van der Waals surface area (Å²) in [6, 6.07) is 7.66. The summed E-state index contributed by atoms with van der Waals surface area (Å²) in [4.78, 5) is 26.4. The maximum absolute atomic E-state index is 13.1. The maximum atomic E-state index is 13.1. The van der Waals surface area contributed by atoms with Crippen LogP contribution in [0, 0.1) is 17.8 Å². The molecule has 1 aliphatic carbocycles. The molecule has 1 heterocycles. The second-order valence-corrected chi connectivity index (χ2v) is 7.37. The highest BCUT2D eigenvalue weighted by Gasteiger charge is 2.55. The molecule has 0 aromatic heterocycles. The fourth-order valence-electron chi connectivity index (χ4n) is 3.90. The number of carboxylic acids is 1. The zero-order chi connectivity index (χ0) is 17.5. The van der Waals surface area contributed by atoms with Gasteiger partial charge in [0.1, 0.15) is 5.75 Å². The van der Waals surface area contributed by atoms with Crippen LogP contribution in [0.3, 0.4) is 0 Å². The molecule has 130 valence electrons. The summed E-state index contributed by atoms with van der Waals surface area (Å²) < 4.78 is 5.18. The largest absolute Gasteiger partial charge is 0.497 e. The summed E-state index contributed by atoms with van der Waals surface area (Å²) in [5.74, 6) is -0.117. The first-order chi connectivity index (χ1) is 11.4. The lowest BCUT2D eigenvalue weighted by Crippen LogP contribution is -2.38. The van der Waals surface area contributed by atoms with Crippen LogP contribution >= 0.6 is 0 Å².